The van der Waals surface area contributed by atoms with E-state index in [9.17, 15) is 5.11 Å². The van der Waals surface area contributed by atoms with Gasteiger partial charge in [-0.1, -0.05) is 35.9 Å². The number of hydrogen-bond donors (Lipinski definition) is 2. The summed E-state index contributed by atoms with van der Waals surface area (Å²) >= 11 is 6.16. The largest absolute Gasteiger partial charge is 0.504 e. The molecule has 0 saturated carbocycles. The third-order valence-corrected chi connectivity index (χ3v) is 3.75. The van der Waals surface area contributed by atoms with Crippen molar-refractivity contribution in [2.45, 2.75) is 25.9 Å². The first-order valence-electron chi connectivity index (χ1n) is 6.93. The van der Waals surface area contributed by atoms with Crippen molar-refractivity contribution in [2.75, 3.05) is 7.11 Å². The molecule has 2 rings (SSSR count). The van der Waals surface area contributed by atoms with E-state index in [4.69, 9.17) is 16.3 Å². The Bertz CT molecular complexity index is 601. The molecule has 1 unspecified atom stereocenters. The normalized spacial score (nSPS) is 12.1. The molecule has 112 valence electrons. The number of aromatic hydroxyl groups is 1. The highest BCUT2D eigenvalue weighted by atomic mass is 35.5. The lowest BCUT2D eigenvalue weighted by atomic mass is 10.1. The van der Waals surface area contributed by atoms with Crippen LogP contribution >= 0.6 is 11.6 Å². The van der Waals surface area contributed by atoms with E-state index in [0.29, 0.717) is 12.3 Å². The fourth-order valence-corrected chi connectivity index (χ4v) is 2.42. The zero-order chi connectivity index (χ0) is 15.2. The first-order valence-corrected chi connectivity index (χ1v) is 7.30. The number of nitrogens with one attached hydrogen (secondary N) is 1. The Hall–Kier alpha value is -1.71. The van der Waals surface area contributed by atoms with Crippen molar-refractivity contribution in [3.8, 4) is 11.5 Å². The molecule has 0 amide bonds. The standard InChI is InChI=1S/C17H20ClNO2/c1-12(9-14-5-3-4-6-15(14)18)19-11-13-7-8-17(21-2)16(20)10-13/h3-8,10,12,19-20H,9,11H2,1-2H3. The first kappa shape index (κ1) is 15.7. The van der Waals surface area contributed by atoms with Gasteiger partial charge in [0.25, 0.3) is 0 Å². The maximum Gasteiger partial charge on any atom is 0.160 e. The van der Waals surface area contributed by atoms with Gasteiger partial charge in [0, 0.05) is 17.6 Å². The van der Waals surface area contributed by atoms with Crippen LogP contribution in [0.15, 0.2) is 42.5 Å². The molecule has 1 atom stereocenters. The van der Waals surface area contributed by atoms with Gasteiger partial charge in [-0.05, 0) is 42.7 Å². The SMILES string of the molecule is COc1ccc(CNC(C)Cc2ccccc2Cl)cc1O. The van der Waals surface area contributed by atoms with Crippen LogP contribution in [-0.2, 0) is 13.0 Å². The number of phenolic OH excluding ortho intramolecular Hbond substituents is 1. The third kappa shape index (κ3) is 4.38. The maximum absolute atomic E-state index is 9.76. The van der Waals surface area contributed by atoms with Crippen LogP contribution < -0.4 is 10.1 Å². The van der Waals surface area contributed by atoms with E-state index >= 15 is 0 Å². The minimum absolute atomic E-state index is 0.163. The second-order valence-corrected chi connectivity index (χ2v) is 5.49. The van der Waals surface area contributed by atoms with Gasteiger partial charge in [-0.3, -0.25) is 0 Å². The summed E-state index contributed by atoms with van der Waals surface area (Å²) in [5.74, 6) is 0.651. The Morgan fingerprint density at radius 3 is 2.67 bits per heavy atom. The van der Waals surface area contributed by atoms with Crippen LogP contribution in [-0.4, -0.2) is 18.3 Å². The van der Waals surface area contributed by atoms with Crippen LogP contribution in [0.25, 0.3) is 0 Å². The Kier molecular flexibility index (Phi) is 5.48. The number of ether oxygens (including phenoxy) is 1. The van der Waals surface area contributed by atoms with Crippen molar-refractivity contribution in [1.29, 1.82) is 0 Å². The minimum Gasteiger partial charge on any atom is -0.504 e. The number of phenols is 1. The summed E-state index contributed by atoms with van der Waals surface area (Å²) in [5.41, 5.74) is 2.15. The van der Waals surface area contributed by atoms with E-state index in [1.54, 1.807) is 19.2 Å². The molecule has 0 aliphatic carbocycles. The van der Waals surface area contributed by atoms with Crippen molar-refractivity contribution in [1.82, 2.24) is 5.32 Å². The highest BCUT2D eigenvalue weighted by molar-refractivity contribution is 6.31. The molecule has 3 nitrogen and oxygen atoms in total. The van der Waals surface area contributed by atoms with Crippen LogP contribution in [0.4, 0.5) is 0 Å². The third-order valence-electron chi connectivity index (χ3n) is 3.38. The zero-order valence-corrected chi connectivity index (χ0v) is 13.0. The molecule has 0 aliphatic rings. The number of benzene rings is 2. The lowest BCUT2D eigenvalue weighted by Gasteiger charge is -2.15. The van der Waals surface area contributed by atoms with Crippen LogP contribution in [0.1, 0.15) is 18.1 Å². The molecule has 0 aromatic heterocycles. The fourth-order valence-electron chi connectivity index (χ4n) is 2.20. The Morgan fingerprint density at radius 2 is 2.00 bits per heavy atom. The van der Waals surface area contributed by atoms with Gasteiger partial charge in [-0.2, -0.15) is 0 Å². The molecule has 2 aromatic rings. The van der Waals surface area contributed by atoms with Crippen LogP contribution in [0.5, 0.6) is 11.5 Å². The van der Waals surface area contributed by atoms with Crippen LogP contribution in [0, 0.1) is 0 Å². The summed E-state index contributed by atoms with van der Waals surface area (Å²) in [7, 11) is 1.54. The molecule has 0 aliphatic heterocycles. The molecule has 21 heavy (non-hydrogen) atoms. The van der Waals surface area contributed by atoms with Gasteiger partial charge < -0.3 is 15.2 Å². The number of hydrogen-bond acceptors (Lipinski definition) is 3. The molecule has 0 bridgehead atoms. The van der Waals surface area contributed by atoms with Gasteiger partial charge in [-0.25, -0.2) is 0 Å². The van der Waals surface area contributed by atoms with Crippen molar-refractivity contribution in [2.24, 2.45) is 0 Å². The number of rotatable bonds is 6. The van der Waals surface area contributed by atoms with Gasteiger partial charge >= 0.3 is 0 Å². The molecular weight excluding hydrogens is 286 g/mol. The van der Waals surface area contributed by atoms with E-state index in [0.717, 1.165) is 22.6 Å². The fraction of sp³-hybridized carbons (Fsp3) is 0.294. The van der Waals surface area contributed by atoms with Crippen LogP contribution in [0.2, 0.25) is 5.02 Å². The molecule has 0 spiro atoms. The Balaban J connectivity index is 1.91. The summed E-state index contributed by atoms with van der Waals surface area (Å²) in [6.45, 7) is 2.80. The van der Waals surface area contributed by atoms with Crippen molar-refractivity contribution >= 4 is 11.6 Å². The molecule has 2 N–H and O–H groups in total. The van der Waals surface area contributed by atoms with Crippen molar-refractivity contribution in [3.05, 3.63) is 58.6 Å². The average molecular weight is 306 g/mol. The number of methoxy groups -OCH3 is 1. The predicted molar refractivity (Wildman–Crippen MR) is 86.1 cm³/mol. The molecule has 4 heteroatoms. The lowest BCUT2D eigenvalue weighted by Crippen LogP contribution is -2.27. The van der Waals surface area contributed by atoms with Gasteiger partial charge in [0.1, 0.15) is 0 Å². The highest BCUT2D eigenvalue weighted by Crippen LogP contribution is 2.26. The van der Waals surface area contributed by atoms with Gasteiger partial charge in [-0.15, -0.1) is 0 Å². The van der Waals surface area contributed by atoms with Gasteiger partial charge in [0.15, 0.2) is 11.5 Å². The predicted octanol–water partition coefficient (Wildman–Crippen LogP) is 3.78. The van der Waals surface area contributed by atoms with E-state index in [1.165, 1.54) is 0 Å². The summed E-state index contributed by atoms with van der Waals surface area (Å²) in [5, 5.41) is 14.0. The minimum atomic E-state index is 0.163. The van der Waals surface area contributed by atoms with Gasteiger partial charge in [0.2, 0.25) is 0 Å². The Labute approximate surface area is 130 Å². The van der Waals surface area contributed by atoms with Crippen molar-refractivity contribution < 1.29 is 9.84 Å². The van der Waals surface area contributed by atoms with E-state index in [-0.39, 0.29) is 11.8 Å². The van der Waals surface area contributed by atoms with Gasteiger partial charge in [0.05, 0.1) is 7.11 Å². The first-order chi connectivity index (χ1) is 10.1. The summed E-state index contributed by atoms with van der Waals surface area (Å²) < 4.78 is 5.03. The molecule has 0 heterocycles. The van der Waals surface area contributed by atoms with E-state index < -0.39 is 0 Å². The van der Waals surface area contributed by atoms with Crippen molar-refractivity contribution in [3.63, 3.8) is 0 Å². The summed E-state index contributed by atoms with van der Waals surface area (Å²) in [6.07, 6.45) is 0.863. The second-order valence-electron chi connectivity index (χ2n) is 5.08. The smallest absolute Gasteiger partial charge is 0.160 e. The molecule has 0 radical (unpaired) electrons. The Morgan fingerprint density at radius 1 is 1.24 bits per heavy atom. The average Bonchev–Trinajstić information content (AvgIpc) is 2.48. The quantitative estimate of drug-likeness (QED) is 0.853. The summed E-state index contributed by atoms with van der Waals surface area (Å²) in [4.78, 5) is 0. The topological polar surface area (TPSA) is 41.5 Å². The lowest BCUT2D eigenvalue weighted by molar-refractivity contribution is 0.373. The monoisotopic (exact) mass is 305 g/mol. The van der Waals surface area contributed by atoms with E-state index in [1.807, 2.05) is 30.3 Å². The second kappa shape index (κ2) is 7.34. The molecule has 2 aromatic carbocycles. The zero-order valence-electron chi connectivity index (χ0n) is 12.3. The highest BCUT2D eigenvalue weighted by Gasteiger charge is 2.07. The molecule has 0 fully saturated rings. The maximum atomic E-state index is 9.76. The van der Waals surface area contributed by atoms with Crippen LogP contribution in [0.3, 0.4) is 0 Å². The van der Waals surface area contributed by atoms with E-state index in [2.05, 4.69) is 12.2 Å². The summed E-state index contributed by atoms with van der Waals surface area (Å²) in [6, 6.07) is 13.6. The number of halogens is 1. The molecular formula is C17H20ClNO2. The molecule has 0 saturated heterocycles.